The van der Waals surface area contributed by atoms with Crippen LogP contribution in [0.4, 0.5) is 11.4 Å². The fraction of sp³-hybridized carbons (Fsp3) is 0.250. The van der Waals surface area contributed by atoms with Crippen molar-refractivity contribution in [1.29, 1.82) is 0 Å². The smallest absolute Gasteiger partial charge is 0.313 e. The number of ether oxygens (including phenoxy) is 1. The molecule has 1 amide bonds. The third-order valence-electron chi connectivity index (χ3n) is 4.21. The Morgan fingerprint density at radius 1 is 1.04 bits per heavy atom. The van der Waals surface area contributed by atoms with Crippen molar-refractivity contribution >= 4 is 17.3 Å². The summed E-state index contributed by atoms with van der Waals surface area (Å²) in [4.78, 5) is 14.6. The van der Waals surface area contributed by atoms with Crippen molar-refractivity contribution in [2.45, 2.75) is 13.8 Å². The number of hydrogen-bond acceptors (Lipinski definition) is 6. The minimum absolute atomic E-state index is 0.0892. The lowest BCUT2D eigenvalue weighted by Gasteiger charge is -2.21. The van der Waals surface area contributed by atoms with E-state index in [1.807, 2.05) is 24.3 Å². The monoisotopic (exact) mass is 366 g/mol. The van der Waals surface area contributed by atoms with Crippen LogP contribution < -0.4 is 15.0 Å². The highest BCUT2D eigenvalue weighted by Gasteiger charge is 2.16. The third kappa shape index (κ3) is 4.25. The SMILES string of the molecule is CCN(CC)c1ccc(NC(=O)c2nnc(-c3ccc(OC)cc3)o2)cc1. The maximum absolute atomic E-state index is 12.4. The van der Waals surface area contributed by atoms with Gasteiger partial charge in [-0.05, 0) is 62.4 Å². The average Bonchev–Trinajstić information content (AvgIpc) is 3.21. The number of nitrogens with zero attached hydrogens (tertiary/aromatic N) is 3. The maximum Gasteiger partial charge on any atom is 0.313 e. The number of rotatable bonds is 7. The van der Waals surface area contributed by atoms with E-state index >= 15 is 0 Å². The molecule has 7 nitrogen and oxygen atoms in total. The van der Waals surface area contributed by atoms with Crippen LogP contribution in [-0.2, 0) is 0 Å². The first-order chi connectivity index (χ1) is 13.1. The number of amides is 1. The van der Waals surface area contributed by atoms with Gasteiger partial charge in [-0.3, -0.25) is 4.79 Å². The summed E-state index contributed by atoms with van der Waals surface area (Å²) in [6.45, 7) is 6.07. The topological polar surface area (TPSA) is 80.5 Å². The van der Waals surface area contributed by atoms with Gasteiger partial charge in [-0.1, -0.05) is 0 Å². The average molecular weight is 366 g/mol. The third-order valence-corrected chi connectivity index (χ3v) is 4.21. The quantitative estimate of drug-likeness (QED) is 0.684. The first kappa shape index (κ1) is 18.4. The van der Waals surface area contributed by atoms with E-state index in [9.17, 15) is 4.79 Å². The molecular formula is C20H22N4O3. The number of methoxy groups -OCH3 is 1. The molecule has 0 spiro atoms. The molecule has 0 saturated heterocycles. The molecule has 0 unspecified atom stereocenters. The maximum atomic E-state index is 12.4. The Balaban J connectivity index is 1.68. The molecule has 0 bridgehead atoms. The molecule has 0 aliphatic carbocycles. The molecule has 3 aromatic rings. The Morgan fingerprint density at radius 2 is 1.70 bits per heavy atom. The van der Waals surface area contributed by atoms with Crippen molar-refractivity contribution in [2.75, 3.05) is 30.4 Å². The molecule has 140 valence electrons. The van der Waals surface area contributed by atoms with Crippen molar-refractivity contribution in [3.8, 4) is 17.2 Å². The van der Waals surface area contributed by atoms with E-state index in [0.717, 1.165) is 24.5 Å². The second-order valence-electron chi connectivity index (χ2n) is 5.81. The van der Waals surface area contributed by atoms with Gasteiger partial charge >= 0.3 is 11.8 Å². The molecule has 0 atom stereocenters. The highest BCUT2D eigenvalue weighted by atomic mass is 16.5. The highest BCUT2D eigenvalue weighted by Crippen LogP contribution is 2.22. The van der Waals surface area contributed by atoms with Crippen LogP contribution in [0.2, 0.25) is 0 Å². The molecule has 3 rings (SSSR count). The summed E-state index contributed by atoms with van der Waals surface area (Å²) in [5.74, 6) is 0.468. The van der Waals surface area contributed by atoms with E-state index in [2.05, 4.69) is 34.3 Å². The fourth-order valence-electron chi connectivity index (χ4n) is 2.69. The summed E-state index contributed by atoms with van der Waals surface area (Å²) in [5, 5.41) is 10.5. The Morgan fingerprint density at radius 3 is 2.30 bits per heavy atom. The van der Waals surface area contributed by atoms with Gasteiger partial charge < -0.3 is 19.4 Å². The van der Waals surface area contributed by atoms with Crippen molar-refractivity contribution in [3.63, 3.8) is 0 Å². The summed E-state index contributed by atoms with van der Waals surface area (Å²) >= 11 is 0. The number of benzene rings is 2. The van der Waals surface area contributed by atoms with Crippen molar-refractivity contribution in [3.05, 3.63) is 54.4 Å². The van der Waals surface area contributed by atoms with Crippen LogP contribution in [0.25, 0.3) is 11.5 Å². The molecule has 0 fully saturated rings. The molecule has 0 aliphatic heterocycles. The molecule has 0 saturated carbocycles. The Hall–Kier alpha value is -3.35. The fourth-order valence-corrected chi connectivity index (χ4v) is 2.69. The first-order valence-electron chi connectivity index (χ1n) is 8.78. The molecule has 0 radical (unpaired) electrons. The number of carbonyl (C=O) groups is 1. The van der Waals surface area contributed by atoms with E-state index in [1.165, 1.54) is 0 Å². The van der Waals surface area contributed by atoms with E-state index < -0.39 is 5.91 Å². The second-order valence-corrected chi connectivity index (χ2v) is 5.81. The number of nitrogens with one attached hydrogen (secondary N) is 1. The van der Waals surface area contributed by atoms with E-state index in [-0.39, 0.29) is 11.8 Å². The normalized spacial score (nSPS) is 10.5. The van der Waals surface area contributed by atoms with Crippen LogP contribution in [0, 0.1) is 0 Å². The van der Waals surface area contributed by atoms with Crippen molar-refractivity contribution in [1.82, 2.24) is 10.2 Å². The minimum atomic E-state index is -0.446. The Kier molecular flexibility index (Phi) is 5.71. The summed E-state index contributed by atoms with van der Waals surface area (Å²) in [7, 11) is 1.60. The van der Waals surface area contributed by atoms with Gasteiger partial charge in [0, 0.05) is 30.0 Å². The summed E-state index contributed by atoms with van der Waals surface area (Å²) in [6.07, 6.45) is 0. The van der Waals surface area contributed by atoms with Crippen molar-refractivity contribution in [2.24, 2.45) is 0 Å². The molecule has 1 N–H and O–H groups in total. The zero-order valence-corrected chi connectivity index (χ0v) is 15.6. The molecule has 1 aromatic heterocycles. The van der Waals surface area contributed by atoms with Crippen LogP contribution in [0.5, 0.6) is 5.75 Å². The summed E-state index contributed by atoms with van der Waals surface area (Å²) < 4.78 is 10.6. The Bertz CT molecular complexity index is 884. The number of hydrogen-bond donors (Lipinski definition) is 1. The first-order valence-corrected chi connectivity index (χ1v) is 8.78. The van der Waals surface area contributed by atoms with E-state index in [0.29, 0.717) is 11.3 Å². The van der Waals surface area contributed by atoms with E-state index in [4.69, 9.17) is 9.15 Å². The van der Waals surface area contributed by atoms with Gasteiger partial charge in [-0.15, -0.1) is 10.2 Å². The predicted octanol–water partition coefficient (Wildman–Crippen LogP) is 3.84. The Labute approximate surface area is 158 Å². The zero-order chi connectivity index (χ0) is 19.2. The minimum Gasteiger partial charge on any atom is -0.497 e. The van der Waals surface area contributed by atoms with E-state index in [1.54, 1.807) is 31.4 Å². The molecule has 2 aromatic carbocycles. The van der Waals surface area contributed by atoms with Gasteiger partial charge in [0.15, 0.2) is 0 Å². The zero-order valence-electron chi connectivity index (χ0n) is 15.6. The predicted molar refractivity (Wildman–Crippen MR) is 104 cm³/mol. The molecule has 1 heterocycles. The lowest BCUT2D eigenvalue weighted by atomic mass is 10.2. The highest BCUT2D eigenvalue weighted by molar-refractivity contribution is 6.01. The van der Waals surface area contributed by atoms with Crippen LogP contribution in [0.3, 0.4) is 0 Å². The van der Waals surface area contributed by atoms with Crippen LogP contribution in [0.1, 0.15) is 24.5 Å². The van der Waals surface area contributed by atoms with Crippen molar-refractivity contribution < 1.29 is 13.9 Å². The lowest BCUT2D eigenvalue weighted by molar-refractivity contribution is 0.0991. The van der Waals surface area contributed by atoms with Crippen LogP contribution in [-0.4, -0.2) is 36.3 Å². The largest absolute Gasteiger partial charge is 0.497 e. The summed E-state index contributed by atoms with van der Waals surface area (Å²) in [6, 6.07) is 14.8. The van der Waals surface area contributed by atoms with Gasteiger partial charge in [-0.25, -0.2) is 0 Å². The molecule has 0 aliphatic rings. The number of carbonyl (C=O) groups excluding carboxylic acids is 1. The van der Waals surface area contributed by atoms with Gasteiger partial charge in [-0.2, -0.15) is 0 Å². The number of anilines is 2. The van der Waals surface area contributed by atoms with Gasteiger partial charge in [0.2, 0.25) is 5.89 Å². The molecule has 27 heavy (non-hydrogen) atoms. The lowest BCUT2D eigenvalue weighted by Crippen LogP contribution is -2.21. The van der Waals surface area contributed by atoms with Crippen LogP contribution in [0.15, 0.2) is 52.9 Å². The van der Waals surface area contributed by atoms with Gasteiger partial charge in [0.1, 0.15) is 5.75 Å². The number of aromatic nitrogens is 2. The molecular weight excluding hydrogens is 344 g/mol. The standard InChI is InChI=1S/C20H22N4O3/c1-4-24(5-2)16-10-8-15(9-11-16)21-18(25)20-23-22-19(27-20)14-6-12-17(26-3)13-7-14/h6-13H,4-5H2,1-3H3,(H,21,25). The summed E-state index contributed by atoms with van der Waals surface area (Å²) in [5.41, 5.74) is 2.49. The van der Waals surface area contributed by atoms with Crippen LogP contribution >= 0.6 is 0 Å². The second kappa shape index (κ2) is 8.35. The molecule has 7 heteroatoms. The van der Waals surface area contributed by atoms with Gasteiger partial charge in [0.25, 0.3) is 0 Å². The van der Waals surface area contributed by atoms with Gasteiger partial charge in [0.05, 0.1) is 7.11 Å².